The molecule has 0 fully saturated rings. The van der Waals surface area contributed by atoms with Crippen LogP contribution >= 0.6 is 0 Å². The van der Waals surface area contributed by atoms with Crippen molar-refractivity contribution in [3.63, 3.8) is 0 Å². The Hall–Kier alpha value is -5.37. The number of anilines is 2. The maximum absolute atomic E-state index is 10.4. The van der Waals surface area contributed by atoms with Crippen LogP contribution in [0, 0.1) is 6.92 Å². The van der Waals surface area contributed by atoms with Gasteiger partial charge in [-0.05, 0) is 61.0 Å². The lowest BCUT2D eigenvalue weighted by atomic mass is 9.93. The second-order valence-electron chi connectivity index (χ2n) is 9.65. The third kappa shape index (κ3) is 3.80. The lowest BCUT2D eigenvalue weighted by Gasteiger charge is -2.40. The summed E-state index contributed by atoms with van der Waals surface area (Å²) in [4.78, 5) is 12.5. The number of methoxy groups -OCH3 is 1. The number of phenolic OH excluding ortho intramolecular Hbond substituents is 1. The van der Waals surface area contributed by atoms with Crippen molar-refractivity contribution in [3.05, 3.63) is 120 Å². The van der Waals surface area contributed by atoms with Gasteiger partial charge in [-0.15, -0.1) is 0 Å². The second kappa shape index (κ2) is 9.43. The zero-order valence-electron chi connectivity index (χ0n) is 22.0. The van der Waals surface area contributed by atoms with Crippen molar-refractivity contribution < 1.29 is 9.84 Å². The fourth-order valence-corrected chi connectivity index (χ4v) is 5.38. The number of nitrogens with zero attached hydrogens (tertiary/aromatic N) is 5. The van der Waals surface area contributed by atoms with E-state index in [1.54, 1.807) is 13.2 Å². The van der Waals surface area contributed by atoms with Crippen LogP contribution in [-0.4, -0.2) is 33.7 Å². The molecular formula is C32H26N6O2. The van der Waals surface area contributed by atoms with Gasteiger partial charge in [0.2, 0.25) is 0 Å². The third-order valence-electron chi connectivity index (χ3n) is 7.20. The summed E-state index contributed by atoms with van der Waals surface area (Å²) in [6.45, 7) is 2.01. The number of amidine groups is 2. The highest BCUT2D eigenvalue weighted by Gasteiger charge is 2.41. The highest BCUT2D eigenvalue weighted by atomic mass is 16.5. The quantitative estimate of drug-likeness (QED) is 0.272. The highest BCUT2D eigenvalue weighted by Crippen LogP contribution is 2.49. The number of aromatic nitrogens is 2. The van der Waals surface area contributed by atoms with Gasteiger partial charge in [0.05, 0.1) is 35.9 Å². The van der Waals surface area contributed by atoms with Gasteiger partial charge in [0, 0.05) is 11.3 Å². The largest absolute Gasteiger partial charge is 0.504 e. The molecule has 1 atom stereocenters. The molecule has 0 aliphatic carbocycles. The average Bonchev–Trinajstić information content (AvgIpc) is 3.33. The number of para-hydroxylation sites is 4. The van der Waals surface area contributed by atoms with E-state index >= 15 is 0 Å². The topological polar surface area (TPSA) is 87.3 Å². The van der Waals surface area contributed by atoms with Gasteiger partial charge in [0.15, 0.2) is 29.0 Å². The third-order valence-corrected chi connectivity index (χ3v) is 7.20. The number of aliphatic imine (C=N–C) groups is 2. The zero-order valence-corrected chi connectivity index (χ0v) is 22.0. The number of hydrogen-bond acceptors (Lipinski definition) is 7. The molecule has 3 heterocycles. The van der Waals surface area contributed by atoms with E-state index in [0.717, 1.165) is 45.4 Å². The van der Waals surface area contributed by atoms with Crippen molar-refractivity contribution in [3.8, 4) is 17.2 Å². The molecule has 8 heteroatoms. The molecule has 4 aromatic carbocycles. The fourth-order valence-electron chi connectivity index (χ4n) is 5.38. The Balaban J connectivity index is 1.51. The molecule has 7 rings (SSSR count). The number of ether oxygens (including phenoxy) is 1. The number of aromatic hydroxyl groups is 1. The van der Waals surface area contributed by atoms with E-state index in [1.165, 1.54) is 0 Å². The molecule has 0 saturated heterocycles. The summed E-state index contributed by atoms with van der Waals surface area (Å²) in [7, 11) is 1.56. The number of nitrogens with one attached hydrogen (secondary N) is 1. The Morgan fingerprint density at radius 3 is 2.35 bits per heavy atom. The van der Waals surface area contributed by atoms with Crippen LogP contribution in [0.15, 0.2) is 113 Å². The molecule has 1 aromatic heterocycles. The first kappa shape index (κ1) is 23.7. The fraction of sp³-hybridized carbons (Fsp3) is 0.0938. The Bertz CT molecular complexity index is 1790. The Morgan fingerprint density at radius 2 is 1.57 bits per heavy atom. The van der Waals surface area contributed by atoms with E-state index in [9.17, 15) is 5.11 Å². The molecule has 5 aromatic rings. The van der Waals surface area contributed by atoms with Crippen LogP contribution in [0.4, 0.5) is 22.9 Å². The smallest absolute Gasteiger partial charge is 0.179 e. The summed E-state index contributed by atoms with van der Waals surface area (Å²) in [5.41, 5.74) is 6.32. The van der Waals surface area contributed by atoms with Gasteiger partial charge in [-0.1, -0.05) is 54.6 Å². The Labute approximate surface area is 231 Å². The number of aryl methyl sites for hydroxylation is 1. The summed E-state index contributed by atoms with van der Waals surface area (Å²) in [5, 5.41) is 18.9. The normalized spacial score (nSPS) is 15.3. The van der Waals surface area contributed by atoms with E-state index in [1.807, 2.05) is 103 Å². The van der Waals surface area contributed by atoms with Gasteiger partial charge < -0.3 is 20.1 Å². The average molecular weight is 527 g/mol. The zero-order chi connectivity index (χ0) is 27.2. The number of phenols is 1. The van der Waals surface area contributed by atoms with Crippen LogP contribution in [0.2, 0.25) is 0 Å². The maximum atomic E-state index is 10.4. The standard InChI is InChI=1S/C32H26N6O2/c1-20-28-29(21-17-18-26(39)27(19-21)40-2)37-25-16-10-9-15-24(25)34-30(33-22-11-5-3-6-12-22)32(37)35-31(28)38(36-20)23-13-7-4-8-14-23/h3-19,29,39H,1-2H3,(H,33,34). The van der Waals surface area contributed by atoms with Gasteiger partial charge in [0.25, 0.3) is 0 Å². The van der Waals surface area contributed by atoms with Gasteiger partial charge in [-0.3, -0.25) is 0 Å². The highest BCUT2D eigenvalue weighted by molar-refractivity contribution is 6.51. The molecule has 196 valence electrons. The summed E-state index contributed by atoms with van der Waals surface area (Å²) < 4.78 is 7.41. The van der Waals surface area contributed by atoms with E-state index < -0.39 is 0 Å². The maximum Gasteiger partial charge on any atom is 0.179 e. The minimum absolute atomic E-state index is 0.0833. The molecule has 2 aliphatic heterocycles. The molecule has 2 aliphatic rings. The Kier molecular flexibility index (Phi) is 5.59. The molecule has 8 nitrogen and oxygen atoms in total. The number of fused-ring (bicyclic) bond motifs is 4. The predicted octanol–water partition coefficient (Wildman–Crippen LogP) is 6.69. The lowest BCUT2D eigenvalue weighted by molar-refractivity contribution is 0.372. The van der Waals surface area contributed by atoms with Crippen molar-refractivity contribution in [2.45, 2.75) is 13.0 Å². The summed E-state index contributed by atoms with van der Waals surface area (Å²) in [6.07, 6.45) is 0. The first-order valence-corrected chi connectivity index (χ1v) is 13.0. The van der Waals surface area contributed by atoms with Crippen molar-refractivity contribution in [1.29, 1.82) is 0 Å². The van der Waals surface area contributed by atoms with Gasteiger partial charge in [-0.25, -0.2) is 14.7 Å². The van der Waals surface area contributed by atoms with Crippen LogP contribution in [0.5, 0.6) is 11.5 Å². The van der Waals surface area contributed by atoms with Gasteiger partial charge >= 0.3 is 0 Å². The van der Waals surface area contributed by atoms with E-state index in [2.05, 4.69) is 16.3 Å². The summed E-state index contributed by atoms with van der Waals surface area (Å²) in [5.74, 6) is 2.51. The Morgan fingerprint density at radius 1 is 0.850 bits per heavy atom. The number of hydrogen-bond donors (Lipinski definition) is 2. The molecule has 0 radical (unpaired) electrons. The minimum Gasteiger partial charge on any atom is -0.504 e. The van der Waals surface area contributed by atoms with Crippen LogP contribution in [0.1, 0.15) is 22.9 Å². The molecule has 1 unspecified atom stereocenters. The van der Waals surface area contributed by atoms with Gasteiger partial charge in [-0.2, -0.15) is 5.10 Å². The summed E-state index contributed by atoms with van der Waals surface area (Å²) >= 11 is 0. The lowest BCUT2D eigenvalue weighted by Crippen LogP contribution is -2.46. The van der Waals surface area contributed by atoms with Crippen molar-refractivity contribution in [2.75, 3.05) is 17.3 Å². The van der Waals surface area contributed by atoms with Crippen LogP contribution in [-0.2, 0) is 0 Å². The predicted molar refractivity (Wildman–Crippen MR) is 158 cm³/mol. The molecule has 0 amide bonds. The molecule has 2 N–H and O–H groups in total. The second-order valence-corrected chi connectivity index (χ2v) is 9.65. The SMILES string of the molecule is COc1cc(C2c3c(C)nn(-c4ccccc4)c3N=C3C(Nc4ccccc4)=Nc4ccccc4N32)ccc1O. The monoisotopic (exact) mass is 526 g/mol. The van der Waals surface area contributed by atoms with E-state index in [4.69, 9.17) is 19.8 Å². The van der Waals surface area contributed by atoms with Crippen molar-refractivity contribution in [1.82, 2.24) is 9.78 Å². The first-order valence-electron chi connectivity index (χ1n) is 13.0. The van der Waals surface area contributed by atoms with Crippen molar-refractivity contribution >= 4 is 34.6 Å². The summed E-state index contributed by atoms with van der Waals surface area (Å²) in [6, 6.07) is 33.2. The van der Waals surface area contributed by atoms with E-state index in [0.29, 0.717) is 17.4 Å². The van der Waals surface area contributed by atoms with Crippen LogP contribution < -0.4 is 15.0 Å². The molecule has 0 bridgehead atoms. The molecular weight excluding hydrogens is 500 g/mol. The number of rotatable bonds is 4. The first-order chi connectivity index (χ1) is 19.6. The minimum atomic E-state index is -0.321. The van der Waals surface area contributed by atoms with Crippen LogP contribution in [0.3, 0.4) is 0 Å². The molecule has 0 saturated carbocycles. The molecule has 0 spiro atoms. The van der Waals surface area contributed by atoms with Crippen molar-refractivity contribution in [2.24, 2.45) is 9.98 Å². The van der Waals surface area contributed by atoms with E-state index in [-0.39, 0.29) is 11.8 Å². The van der Waals surface area contributed by atoms with Crippen LogP contribution in [0.25, 0.3) is 5.69 Å². The van der Waals surface area contributed by atoms with Gasteiger partial charge in [0.1, 0.15) is 0 Å². The number of benzene rings is 4. The molecule has 40 heavy (non-hydrogen) atoms.